The van der Waals surface area contributed by atoms with Crippen LogP contribution in [0.4, 0.5) is 5.82 Å². The molecule has 1 aliphatic heterocycles. The first-order chi connectivity index (χ1) is 7.65. The van der Waals surface area contributed by atoms with Crippen LogP contribution in [0.15, 0.2) is 0 Å². The Hall–Kier alpha value is -0.830. The van der Waals surface area contributed by atoms with E-state index in [4.69, 9.17) is 11.6 Å². The standard InChI is InChI=1S/C12H16ClN3/c1-7-11(13)14-8(2)15-12(7)16-6-9-3-4-10(16)5-9/h9-10H,3-6H2,1-2H3. The Morgan fingerprint density at radius 1 is 1.25 bits per heavy atom. The van der Waals surface area contributed by atoms with Crippen LogP contribution in [0.5, 0.6) is 0 Å². The minimum absolute atomic E-state index is 0.602. The maximum atomic E-state index is 6.12. The fourth-order valence-electron chi connectivity index (χ4n) is 3.04. The summed E-state index contributed by atoms with van der Waals surface area (Å²) in [4.78, 5) is 11.2. The third-order valence-electron chi connectivity index (χ3n) is 3.85. The highest BCUT2D eigenvalue weighted by atomic mass is 35.5. The lowest BCUT2D eigenvalue weighted by atomic mass is 10.1. The average Bonchev–Trinajstić information content (AvgIpc) is 2.84. The Labute approximate surface area is 101 Å². The van der Waals surface area contributed by atoms with Crippen LogP contribution in [0.1, 0.15) is 30.7 Å². The minimum Gasteiger partial charge on any atom is -0.353 e. The molecule has 0 amide bonds. The van der Waals surface area contributed by atoms with Crippen molar-refractivity contribution in [3.63, 3.8) is 0 Å². The molecule has 86 valence electrons. The van der Waals surface area contributed by atoms with Gasteiger partial charge in [-0.05, 0) is 39.0 Å². The van der Waals surface area contributed by atoms with Gasteiger partial charge in [0.05, 0.1) is 0 Å². The van der Waals surface area contributed by atoms with Gasteiger partial charge in [0.15, 0.2) is 0 Å². The van der Waals surface area contributed by atoms with Crippen molar-refractivity contribution >= 4 is 17.4 Å². The molecule has 0 radical (unpaired) electrons. The third kappa shape index (κ3) is 1.49. The van der Waals surface area contributed by atoms with Gasteiger partial charge < -0.3 is 4.90 Å². The van der Waals surface area contributed by atoms with Crippen LogP contribution in [-0.4, -0.2) is 22.6 Å². The number of hydrogen-bond donors (Lipinski definition) is 0. The van der Waals surface area contributed by atoms with Crippen LogP contribution < -0.4 is 4.90 Å². The molecule has 2 heterocycles. The van der Waals surface area contributed by atoms with Gasteiger partial charge >= 0.3 is 0 Å². The van der Waals surface area contributed by atoms with E-state index in [-0.39, 0.29) is 0 Å². The lowest BCUT2D eigenvalue weighted by molar-refractivity contribution is 0.549. The number of hydrogen-bond acceptors (Lipinski definition) is 3. The van der Waals surface area contributed by atoms with E-state index in [0.29, 0.717) is 11.2 Å². The fraction of sp³-hybridized carbons (Fsp3) is 0.667. The van der Waals surface area contributed by atoms with E-state index in [9.17, 15) is 0 Å². The molecule has 4 heteroatoms. The average molecular weight is 238 g/mol. The molecule has 2 atom stereocenters. The highest BCUT2D eigenvalue weighted by Gasteiger charge is 2.39. The summed E-state index contributed by atoms with van der Waals surface area (Å²) in [6.07, 6.45) is 4.03. The maximum absolute atomic E-state index is 6.12. The molecule has 0 spiro atoms. The van der Waals surface area contributed by atoms with E-state index in [0.717, 1.165) is 29.7 Å². The molecule has 2 aliphatic rings. The first kappa shape index (κ1) is 10.3. The van der Waals surface area contributed by atoms with Gasteiger partial charge in [-0.3, -0.25) is 0 Å². The molecule has 1 saturated carbocycles. The van der Waals surface area contributed by atoms with E-state index in [1.807, 2.05) is 13.8 Å². The largest absolute Gasteiger partial charge is 0.353 e. The van der Waals surface area contributed by atoms with Crippen molar-refractivity contribution in [2.24, 2.45) is 5.92 Å². The molecule has 2 fully saturated rings. The second-order valence-electron chi connectivity index (χ2n) is 5.00. The van der Waals surface area contributed by atoms with Crippen molar-refractivity contribution in [3.05, 3.63) is 16.5 Å². The number of piperidine rings is 1. The van der Waals surface area contributed by atoms with Crippen molar-refractivity contribution in [1.29, 1.82) is 0 Å². The Morgan fingerprint density at radius 2 is 2.06 bits per heavy atom. The van der Waals surface area contributed by atoms with Gasteiger partial charge in [0.1, 0.15) is 16.8 Å². The first-order valence-corrected chi connectivity index (χ1v) is 6.30. The Balaban J connectivity index is 2.00. The molecular formula is C12H16ClN3. The Bertz CT molecular complexity index is 433. The monoisotopic (exact) mass is 237 g/mol. The zero-order chi connectivity index (χ0) is 11.3. The summed E-state index contributed by atoms with van der Waals surface area (Å²) in [5.41, 5.74) is 1.03. The van der Waals surface area contributed by atoms with Gasteiger partial charge in [0.2, 0.25) is 0 Å². The highest BCUT2D eigenvalue weighted by Crippen LogP contribution is 2.41. The zero-order valence-electron chi connectivity index (χ0n) is 9.70. The van der Waals surface area contributed by atoms with Crippen LogP contribution in [0.3, 0.4) is 0 Å². The molecule has 3 rings (SSSR count). The van der Waals surface area contributed by atoms with Crippen molar-refractivity contribution in [3.8, 4) is 0 Å². The molecular weight excluding hydrogens is 222 g/mol. The van der Waals surface area contributed by atoms with Crippen LogP contribution in [0.2, 0.25) is 5.15 Å². The van der Waals surface area contributed by atoms with Gasteiger partial charge in [-0.2, -0.15) is 0 Å². The summed E-state index contributed by atoms with van der Waals surface area (Å²) in [5.74, 6) is 2.71. The topological polar surface area (TPSA) is 29.0 Å². The molecule has 1 aromatic rings. The summed E-state index contributed by atoms with van der Waals surface area (Å²) in [6.45, 7) is 5.07. The molecule has 3 nitrogen and oxygen atoms in total. The predicted molar refractivity (Wildman–Crippen MR) is 65.0 cm³/mol. The van der Waals surface area contributed by atoms with Crippen LogP contribution in [0.25, 0.3) is 0 Å². The van der Waals surface area contributed by atoms with Gasteiger partial charge in [-0.1, -0.05) is 11.6 Å². The molecule has 1 saturated heterocycles. The van der Waals surface area contributed by atoms with Crippen molar-refractivity contribution in [2.45, 2.75) is 39.2 Å². The van der Waals surface area contributed by atoms with Gasteiger partial charge in [0.25, 0.3) is 0 Å². The Morgan fingerprint density at radius 3 is 2.69 bits per heavy atom. The van der Waals surface area contributed by atoms with E-state index in [1.165, 1.54) is 19.3 Å². The smallest absolute Gasteiger partial charge is 0.137 e. The molecule has 1 aliphatic carbocycles. The zero-order valence-corrected chi connectivity index (χ0v) is 10.5. The normalized spacial score (nSPS) is 27.8. The van der Waals surface area contributed by atoms with E-state index in [1.54, 1.807) is 0 Å². The van der Waals surface area contributed by atoms with Crippen molar-refractivity contribution < 1.29 is 0 Å². The Kier molecular flexibility index (Phi) is 2.32. The predicted octanol–water partition coefficient (Wildman–Crippen LogP) is 2.74. The summed E-state index contributed by atoms with van der Waals surface area (Å²) in [6, 6.07) is 0.689. The summed E-state index contributed by atoms with van der Waals surface area (Å²) < 4.78 is 0. The maximum Gasteiger partial charge on any atom is 0.137 e. The number of halogens is 1. The number of aryl methyl sites for hydroxylation is 1. The molecule has 0 N–H and O–H groups in total. The van der Waals surface area contributed by atoms with Gasteiger partial charge in [-0.25, -0.2) is 9.97 Å². The van der Waals surface area contributed by atoms with Crippen LogP contribution in [-0.2, 0) is 0 Å². The summed E-state index contributed by atoms with van der Waals surface area (Å²) in [7, 11) is 0. The second kappa shape index (κ2) is 3.59. The number of anilines is 1. The minimum atomic E-state index is 0.602. The number of rotatable bonds is 1. The third-order valence-corrected chi connectivity index (χ3v) is 4.22. The second-order valence-corrected chi connectivity index (χ2v) is 5.35. The molecule has 1 aromatic heterocycles. The van der Waals surface area contributed by atoms with Gasteiger partial charge in [-0.15, -0.1) is 0 Å². The number of nitrogens with zero attached hydrogens (tertiary/aromatic N) is 3. The molecule has 2 bridgehead atoms. The van der Waals surface area contributed by atoms with Gasteiger partial charge in [0, 0.05) is 18.2 Å². The highest BCUT2D eigenvalue weighted by molar-refractivity contribution is 6.30. The lowest BCUT2D eigenvalue weighted by Gasteiger charge is -2.29. The van der Waals surface area contributed by atoms with E-state index >= 15 is 0 Å². The van der Waals surface area contributed by atoms with Crippen molar-refractivity contribution in [1.82, 2.24) is 9.97 Å². The first-order valence-electron chi connectivity index (χ1n) is 5.92. The summed E-state index contributed by atoms with van der Waals surface area (Å²) in [5, 5.41) is 0.602. The molecule has 0 aromatic carbocycles. The SMILES string of the molecule is Cc1nc(Cl)c(C)c(N2CC3CCC2C3)n1. The quantitative estimate of drug-likeness (QED) is 0.704. The molecule has 16 heavy (non-hydrogen) atoms. The lowest BCUT2D eigenvalue weighted by Crippen LogP contribution is -2.33. The fourth-order valence-corrected chi connectivity index (χ4v) is 3.25. The number of aromatic nitrogens is 2. The van der Waals surface area contributed by atoms with E-state index in [2.05, 4.69) is 14.9 Å². The van der Waals surface area contributed by atoms with E-state index < -0.39 is 0 Å². The van der Waals surface area contributed by atoms with Crippen molar-refractivity contribution in [2.75, 3.05) is 11.4 Å². The number of fused-ring (bicyclic) bond motifs is 2. The molecule has 2 unspecified atom stereocenters. The summed E-state index contributed by atoms with van der Waals surface area (Å²) >= 11 is 6.12. The van der Waals surface area contributed by atoms with Crippen LogP contribution in [0, 0.1) is 19.8 Å². The van der Waals surface area contributed by atoms with Crippen LogP contribution >= 0.6 is 11.6 Å².